The van der Waals surface area contributed by atoms with Crippen LogP contribution in [-0.4, -0.2) is 15.3 Å². The maximum atomic E-state index is 12.1. The van der Waals surface area contributed by atoms with E-state index in [4.69, 9.17) is 11.6 Å². The Morgan fingerprint density at radius 2 is 2.05 bits per heavy atom. The van der Waals surface area contributed by atoms with Crippen molar-refractivity contribution in [1.29, 1.82) is 0 Å². The number of amides is 1. The third-order valence-electron chi connectivity index (χ3n) is 3.01. The Bertz CT molecular complexity index is 816. The zero-order chi connectivity index (χ0) is 14.8. The molecule has 1 aromatic carbocycles. The fourth-order valence-corrected chi connectivity index (χ4v) is 2.81. The Balaban J connectivity index is 1.74. The number of imidazole rings is 1. The van der Waals surface area contributed by atoms with Gasteiger partial charge in [-0.05, 0) is 46.9 Å². The van der Waals surface area contributed by atoms with Crippen molar-refractivity contribution >= 4 is 45.7 Å². The highest BCUT2D eigenvalue weighted by atomic mass is 127. The number of pyridine rings is 1. The van der Waals surface area contributed by atoms with E-state index in [1.807, 2.05) is 34.9 Å². The molecule has 4 nitrogen and oxygen atoms in total. The molecule has 0 bridgehead atoms. The van der Waals surface area contributed by atoms with Crippen LogP contribution in [0.5, 0.6) is 0 Å². The molecule has 0 saturated carbocycles. The second kappa shape index (κ2) is 6.03. The summed E-state index contributed by atoms with van der Waals surface area (Å²) in [4.78, 5) is 16.6. The number of carbonyl (C=O) groups excluding carboxylic acids is 1. The van der Waals surface area contributed by atoms with Gasteiger partial charge in [0.15, 0.2) is 0 Å². The molecule has 21 heavy (non-hydrogen) atoms. The molecule has 0 saturated heterocycles. The van der Waals surface area contributed by atoms with E-state index in [-0.39, 0.29) is 5.91 Å². The number of benzene rings is 1. The Labute approximate surface area is 140 Å². The predicted octanol–water partition coefficient (Wildman–Crippen LogP) is 3.52. The van der Waals surface area contributed by atoms with Gasteiger partial charge in [0.25, 0.3) is 5.91 Å². The Morgan fingerprint density at radius 1 is 1.24 bits per heavy atom. The van der Waals surface area contributed by atoms with Gasteiger partial charge >= 0.3 is 0 Å². The summed E-state index contributed by atoms with van der Waals surface area (Å²) in [6.45, 7) is 0.378. The molecule has 1 amide bonds. The summed E-state index contributed by atoms with van der Waals surface area (Å²) in [6, 6.07) is 11.1. The fraction of sp³-hybridized carbons (Fsp3) is 0.0667. The zero-order valence-corrected chi connectivity index (χ0v) is 13.8. The SMILES string of the molecule is O=C(NCc1cn2cc(Cl)ccc2n1)c1ccccc1I. The summed E-state index contributed by atoms with van der Waals surface area (Å²) in [7, 11) is 0. The largest absolute Gasteiger partial charge is 0.346 e. The van der Waals surface area contributed by atoms with Crippen molar-refractivity contribution in [3.63, 3.8) is 0 Å². The van der Waals surface area contributed by atoms with Gasteiger partial charge in [0.2, 0.25) is 0 Å². The van der Waals surface area contributed by atoms with Crippen molar-refractivity contribution in [2.75, 3.05) is 0 Å². The van der Waals surface area contributed by atoms with E-state index in [1.165, 1.54) is 0 Å². The summed E-state index contributed by atoms with van der Waals surface area (Å²) < 4.78 is 2.77. The van der Waals surface area contributed by atoms with E-state index in [0.29, 0.717) is 17.1 Å². The number of rotatable bonds is 3. The molecule has 3 rings (SSSR count). The highest BCUT2D eigenvalue weighted by Crippen LogP contribution is 2.13. The van der Waals surface area contributed by atoms with Gasteiger partial charge in [-0.2, -0.15) is 0 Å². The number of nitrogens with zero attached hydrogens (tertiary/aromatic N) is 2. The minimum atomic E-state index is -0.102. The molecule has 0 aliphatic rings. The molecule has 6 heteroatoms. The number of carbonyl (C=O) groups is 1. The summed E-state index contributed by atoms with van der Waals surface area (Å²) in [6.07, 6.45) is 3.65. The lowest BCUT2D eigenvalue weighted by atomic mass is 10.2. The first-order chi connectivity index (χ1) is 10.1. The molecule has 2 aromatic heterocycles. The molecule has 106 valence electrons. The number of aromatic nitrogens is 2. The van der Waals surface area contributed by atoms with Crippen LogP contribution in [0.3, 0.4) is 0 Å². The molecule has 0 unspecified atom stereocenters. The first-order valence-electron chi connectivity index (χ1n) is 6.29. The van der Waals surface area contributed by atoms with Gasteiger partial charge in [-0.1, -0.05) is 23.7 Å². The predicted molar refractivity (Wildman–Crippen MR) is 90.5 cm³/mol. The minimum absolute atomic E-state index is 0.102. The zero-order valence-electron chi connectivity index (χ0n) is 10.9. The Hall–Kier alpha value is -1.60. The minimum Gasteiger partial charge on any atom is -0.346 e. The molecular weight excluding hydrogens is 401 g/mol. The number of hydrogen-bond acceptors (Lipinski definition) is 2. The van der Waals surface area contributed by atoms with Crippen molar-refractivity contribution < 1.29 is 4.79 Å². The first kappa shape index (κ1) is 14.3. The van der Waals surface area contributed by atoms with Crippen molar-refractivity contribution in [2.45, 2.75) is 6.54 Å². The highest BCUT2D eigenvalue weighted by Gasteiger charge is 2.09. The van der Waals surface area contributed by atoms with Crippen molar-refractivity contribution in [3.8, 4) is 0 Å². The van der Waals surface area contributed by atoms with Gasteiger partial charge in [0.05, 0.1) is 22.8 Å². The third kappa shape index (κ3) is 3.19. The number of nitrogens with one attached hydrogen (secondary N) is 1. The van der Waals surface area contributed by atoms with Crippen LogP contribution in [-0.2, 0) is 6.54 Å². The monoisotopic (exact) mass is 411 g/mol. The second-order valence-corrected chi connectivity index (χ2v) is 6.11. The molecule has 2 heterocycles. The number of halogens is 2. The number of hydrogen-bond donors (Lipinski definition) is 1. The van der Waals surface area contributed by atoms with Crippen LogP contribution in [0.1, 0.15) is 16.1 Å². The summed E-state index contributed by atoms with van der Waals surface area (Å²) in [5.41, 5.74) is 2.26. The first-order valence-corrected chi connectivity index (χ1v) is 7.75. The van der Waals surface area contributed by atoms with Crippen LogP contribution >= 0.6 is 34.2 Å². The average Bonchev–Trinajstić information content (AvgIpc) is 2.87. The second-order valence-electron chi connectivity index (χ2n) is 4.51. The van der Waals surface area contributed by atoms with Crippen molar-refractivity contribution in [3.05, 3.63) is 68.6 Å². The molecular formula is C15H11ClIN3O. The van der Waals surface area contributed by atoms with Crippen LogP contribution < -0.4 is 5.32 Å². The summed E-state index contributed by atoms with van der Waals surface area (Å²) in [5.74, 6) is -0.102. The van der Waals surface area contributed by atoms with Crippen LogP contribution in [0.25, 0.3) is 5.65 Å². The normalized spacial score (nSPS) is 10.8. The van der Waals surface area contributed by atoms with E-state index in [0.717, 1.165) is 14.9 Å². The Kier molecular flexibility index (Phi) is 4.12. The van der Waals surface area contributed by atoms with E-state index in [1.54, 1.807) is 18.3 Å². The van der Waals surface area contributed by atoms with Crippen LogP contribution in [0.2, 0.25) is 5.02 Å². The third-order valence-corrected chi connectivity index (χ3v) is 4.18. The van der Waals surface area contributed by atoms with E-state index < -0.39 is 0 Å². The highest BCUT2D eigenvalue weighted by molar-refractivity contribution is 14.1. The van der Waals surface area contributed by atoms with Gasteiger partial charge in [0, 0.05) is 16.0 Å². The maximum absolute atomic E-state index is 12.1. The lowest BCUT2D eigenvalue weighted by Gasteiger charge is -2.04. The van der Waals surface area contributed by atoms with E-state index in [9.17, 15) is 4.79 Å². The molecule has 0 atom stereocenters. The van der Waals surface area contributed by atoms with Crippen LogP contribution in [0.15, 0.2) is 48.8 Å². The van der Waals surface area contributed by atoms with Gasteiger partial charge in [-0.15, -0.1) is 0 Å². The smallest absolute Gasteiger partial charge is 0.252 e. The molecule has 0 spiro atoms. The fourth-order valence-electron chi connectivity index (χ4n) is 2.01. The van der Waals surface area contributed by atoms with Gasteiger partial charge in [-0.25, -0.2) is 4.98 Å². The molecule has 0 aliphatic heterocycles. The lowest BCUT2D eigenvalue weighted by Crippen LogP contribution is -2.23. The van der Waals surface area contributed by atoms with Crippen molar-refractivity contribution in [2.24, 2.45) is 0 Å². The quantitative estimate of drug-likeness (QED) is 0.670. The molecule has 3 aromatic rings. The van der Waals surface area contributed by atoms with Gasteiger partial charge in [0.1, 0.15) is 5.65 Å². The number of fused-ring (bicyclic) bond motifs is 1. The molecule has 1 N–H and O–H groups in total. The molecule has 0 radical (unpaired) electrons. The summed E-state index contributed by atoms with van der Waals surface area (Å²) in [5, 5.41) is 3.53. The molecule has 0 fully saturated rings. The average molecular weight is 412 g/mol. The molecule has 0 aliphatic carbocycles. The van der Waals surface area contributed by atoms with Crippen LogP contribution in [0, 0.1) is 3.57 Å². The van der Waals surface area contributed by atoms with Crippen molar-refractivity contribution in [1.82, 2.24) is 14.7 Å². The standard InChI is InChI=1S/C15H11ClIN3O/c16-10-5-6-14-19-11(9-20(14)8-10)7-18-15(21)12-3-1-2-4-13(12)17/h1-6,8-9H,7H2,(H,18,21). The maximum Gasteiger partial charge on any atom is 0.252 e. The summed E-state index contributed by atoms with van der Waals surface area (Å²) >= 11 is 8.08. The van der Waals surface area contributed by atoms with Gasteiger partial charge in [-0.3, -0.25) is 4.79 Å². The van der Waals surface area contributed by atoms with Crippen LogP contribution in [0.4, 0.5) is 0 Å². The van der Waals surface area contributed by atoms with Gasteiger partial charge < -0.3 is 9.72 Å². The topological polar surface area (TPSA) is 46.4 Å². The lowest BCUT2D eigenvalue weighted by molar-refractivity contribution is 0.0949. The Morgan fingerprint density at radius 3 is 2.86 bits per heavy atom. The van der Waals surface area contributed by atoms with E-state index >= 15 is 0 Å². The van der Waals surface area contributed by atoms with E-state index in [2.05, 4.69) is 32.9 Å².